The standard InChI is InChI=1S/C19H21NO4/c1-22-15-7-8-16-13(11-15)5-4-10-20(16)19(21)14-6-9-17(23-2)18(12-14)24-3/h6-9,11-12H,4-5,10H2,1-3H3. The van der Waals surface area contributed by atoms with Crippen molar-refractivity contribution >= 4 is 11.6 Å². The lowest BCUT2D eigenvalue weighted by Crippen LogP contribution is -2.35. The summed E-state index contributed by atoms with van der Waals surface area (Å²) in [5.74, 6) is 1.93. The van der Waals surface area contributed by atoms with Crippen LogP contribution in [0.4, 0.5) is 5.69 Å². The van der Waals surface area contributed by atoms with Crippen molar-refractivity contribution in [1.82, 2.24) is 0 Å². The van der Waals surface area contributed by atoms with Gasteiger partial charge in [0.1, 0.15) is 5.75 Å². The summed E-state index contributed by atoms with van der Waals surface area (Å²) in [5.41, 5.74) is 2.66. The van der Waals surface area contributed by atoms with Gasteiger partial charge in [0.15, 0.2) is 11.5 Å². The van der Waals surface area contributed by atoms with E-state index in [1.807, 2.05) is 23.1 Å². The molecule has 0 saturated carbocycles. The fourth-order valence-electron chi connectivity index (χ4n) is 3.04. The van der Waals surface area contributed by atoms with Crippen molar-refractivity contribution in [1.29, 1.82) is 0 Å². The molecule has 0 radical (unpaired) electrons. The van der Waals surface area contributed by atoms with Gasteiger partial charge in [-0.05, 0) is 54.8 Å². The lowest BCUT2D eigenvalue weighted by Gasteiger charge is -2.30. The molecule has 2 aromatic carbocycles. The highest BCUT2D eigenvalue weighted by molar-refractivity contribution is 6.07. The van der Waals surface area contributed by atoms with Crippen molar-refractivity contribution in [3.05, 3.63) is 47.5 Å². The molecule has 0 N–H and O–H groups in total. The molecule has 0 bridgehead atoms. The van der Waals surface area contributed by atoms with Crippen LogP contribution in [-0.4, -0.2) is 33.8 Å². The van der Waals surface area contributed by atoms with Crippen molar-refractivity contribution in [2.45, 2.75) is 12.8 Å². The van der Waals surface area contributed by atoms with Crippen LogP contribution >= 0.6 is 0 Å². The van der Waals surface area contributed by atoms with Gasteiger partial charge in [-0.1, -0.05) is 0 Å². The zero-order chi connectivity index (χ0) is 17.1. The topological polar surface area (TPSA) is 48.0 Å². The normalized spacial score (nSPS) is 13.2. The fourth-order valence-corrected chi connectivity index (χ4v) is 3.04. The van der Waals surface area contributed by atoms with E-state index >= 15 is 0 Å². The number of ether oxygens (including phenoxy) is 3. The molecule has 0 saturated heterocycles. The van der Waals surface area contributed by atoms with Gasteiger partial charge in [-0.15, -0.1) is 0 Å². The number of amides is 1. The molecule has 1 amide bonds. The summed E-state index contributed by atoms with van der Waals surface area (Å²) in [5, 5.41) is 0. The Kier molecular flexibility index (Phi) is 4.60. The second-order valence-electron chi connectivity index (χ2n) is 5.62. The smallest absolute Gasteiger partial charge is 0.258 e. The molecule has 1 aliphatic rings. The first-order valence-electron chi connectivity index (χ1n) is 7.88. The minimum atomic E-state index is -0.0398. The van der Waals surface area contributed by atoms with Crippen LogP contribution in [-0.2, 0) is 6.42 Å². The lowest BCUT2D eigenvalue weighted by molar-refractivity contribution is 0.0984. The van der Waals surface area contributed by atoms with Crippen molar-refractivity contribution in [2.75, 3.05) is 32.8 Å². The third-order valence-corrected chi connectivity index (χ3v) is 4.28. The molecule has 1 aliphatic heterocycles. The number of hydrogen-bond acceptors (Lipinski definition) is 4. The Balaban J connectivity index is 1.94. The van der Waals surface area contributed by atoms with E-state index in [0.29, 0.717) is 23.6 Å². The molecular weight excluding hydrogens is 306 g/mol. The molecule has 1 heterocycles. The summed E-state index contributed by atoms with van der Waals surface area (Å²) in [4.78, 5) is 14.8. The van der Waals surface area contributed by atoms with Gasteiger partial charge < -0.3 is 19.1 Å². The number of fused-ring (bicyclic) bond motifs is 1. The first-order chi connectivity index (χ1) is 11.7. The maximum atomic E-state index is 13.0. The van der Waals surface area contributed by atoms with E-state index in [0.717, 1.165) is 29.8 Å². The van der Waals surface area contributed by atoms with E-state index in [-0.39, 0.29) is 5.91 Å². The predicted octanol–water partition coefficient (Wildman–Crippen LogP) is 3.31. The number of rotatable bonds is 4. The minimum absolute atomic E-state index is 0.0398. The SMILES string of the molecule is COc1ccc2c(c1)CCCN2C(=O)c1ccc(OC)c(OC)c1. The maximum Gasteiger partial charge on any atom is 0.258 e. The van der Waals surface area contributed by atoms with E-state index in [9.17, 15) is 4.79 Å². The second kappa shape index (κ2) is 6.83. The van der Waals surface area contributed by atoms with Crippen LogP contribution in [0.5, 0.6) is 17.2 Å². The van der Waals surface area contributed by atoms with Gasteiger partial charge in [-0.25, -0.2) is 0 Å². The Bertz CT molecular complexity index is 757. The Labute approximate surface area is 141 Å². The van der Waals surface area contributed by atoms with Crippen molar-refractivity contribution in [3.63, 3.8) is 0 Å². The van der Waals surface area contributed by atoms with Crippen LogP contribution < -0.4 is 19.1 Å². The molecular formula is C19H21NO4. The largest absolute Gasteiger partial charge is 0.497 e. The average Bonchev–Trinajstić information content (AvgIpc) is 2.65. The molecule has 2 aromatic rings. The van der Waals surface area contributed by atoms with E-state index < -0.39 is 0 Å². The van der Waals surface area contributed by atoms with E-state index in [1.54, 1.807) is 39.5 Å². The zero-order valence-corrected chi connectivity index (χ0v) is 14.2. The van der Waals surface area contributed by atoms with Crippen LogP contribution in [0.2, 0.25) is 0 Å². The Morgan fingerprint density at radius 1 is 0.958 bits per heavy atom. The van der Waals surface area contributed by atoms with Crippen LogP contribution in [0.3, 0.4) is 0 Å². The number of carbonyl (C=O) groups excluding carboxylic acids is 1. The van der Waals surface area contributed by atoms with Gasteiger partial charge in [0, 0.05) is 17.8 Å². The van der Waals surface area contributed by atoms with Crippen LogP contribution in [0.15, 0.2) is 36.4 Å². The van der Waals surface area contributed by atoms with Gasteiger partial charge in [-0.2, -0.15) is 0 Å². The van der Waals surface area contributed by atoms with E-state index in [1.165, 1.54) is 0 Å². The number of methoxy groups -OCH3 is 3. The number of anilines is 1. The minimum Gasteiger partial charge on any atom is -0.497 e. The first-order valence-corrected chi connectivity index (χ1v) is 7.88. The quantitative estimate of drug-likeness (QED) is 0.864. The number of hydrogen-bond donors (Lipinski definition) is 0. The van der Waals surface area contributed by atoms with Crippen molar-refractivity contribution < 1.29 is 19.0 Å². The third-order valence-electron chi connectivity index (χ3n) is 4.28. The van der Waals surface area contributed by atoms with Crippen molar-refractivity contribution in [2.24, 2.45) is 0 Å². The maximum absolute atomic E-state index is 13.0. The summed E-state index contributed by atoms with van der Waals surface area (Å²) in [6.45, 7) is 0.701. The van der Waals surface area contributed by atoms with Crippen LogP contribution in [0.25, 0.3) is 0 Å². The summed E-state index contributed by atoms with van der Waals surface area (Å²) < 4.78 is 15.8. The van der Waals surface area contributed by atoms with Gasteiger partial charge in [0.25, 0.3) is 5.91 Å². The highest BCUT2D eigenvalue weighted by atomic mass is 16.5. The Morgan fingerprint density at radius 2 is 1.75 bits per heavy atom. The zero-order valence-electron chi connectivity index (χ0n) is 14.2. The molecule has 24 heavy (non-hydrogen) atoms. The molecule has 0 aromatic heterocycles. The van der Waals surface area contributed by atoms with Crippen LogP contribution in [0.1, 0.15) is 22.3 Å². The molecule has 126 valence electrons. The highest BCUT2D eigenvalue weighted by Gasteiger charge is 2.24. The van der Waals surface area contributed by atoms with E-state index in [4.69, 9.17) is 14.2 Å². The summed E-state index contributed by atoms with van der Waals surface area (Å²) in [6.07, 6.45) is 1.88. The second-order valence-corrected chi connectivity index (χ2v) is 5.62. The number of aryl methyl sites for hydroxylation is 1. The summed E-state index contributed by atoms with van der Waals surface area (Å²) >= 11 is 0. The van der Waals surface area contributed by atoms with Gasteiger partial charge in [0.2, 0.25) is 0 Å². The molecule has 0 spiro atoms. The molecule has 0 fully saturated rings. The lowest BCUT2D eigenvalue weighted by atomic mass is 10.00. The molecule has 0 atom stereocenters. The number of carbonyl (C=O) groups is 1. The molecule has 5 heteroatoms. The molecule has 0 unspecified atom stereocenters. The third kappa shape index (κ3) is 2.89. The summed E-state index contributed by atoms with van der Waals surface area (Å²) in [6, 6.07) is 11.1. The molecule has 0 aliphatic carbocycles. The highest BCUT2D eigenvalue weighted by Crippen LogP contribution is 2.33. The predicted molar refractivity (Wildman–Crippen MR) is 92.5 cm³/mol. The summed E-state index contributed by atoms with van der Waals surface area (Å²) in [7, 11) is 4.79. The van der Waals surface area contributed by atoms with Crippen LogP contribution in [0, 0.1) is 0 Å². The average molecular weight is 327 g/mol. The number of benzene rings is 2. The monoisotopic (exact) mass is 327 g/mol. The Hall–Kier alpha value is -2.69. The fraction of sp³-hybridized carbons (Fsp3) is 0.316. The number of nitrogens with zero attached hydrogens (tertiary/aromatic N) is 1. The van der Waals surface area contributed by atoms with Gasteiger partial charge >= 0.3 is 0 Å². The molecule has 5 nitrogen and oxygen atoms in total. The van der Waals surface area contributed by atoms with E-state index in [2.05, 4.69) is 0 Å². The van der Waals surface area contributed by atoms with Gasteiger partial charge in [-0.3, -0.25) is 4.79 Å². The molecule has 3 rings (SSSR count). The Morgan fingerprint density at radius 3 is 2.46 bits per heavy atom. The van der Waals surface area contributed by atoms with Crippen molar-refractivity contribution in [3.8, 4) is 17.2 Å². The first kappa shape index (κ1) is 16.2. The van der Waals surface area contributed by atoms with Gasteiger partial charge in [0.05, 0.1) is 21.3 Å².